The molecule has 2 N–H and O–H groups in total. The SMILES string of the molecule is COc1ccc(CC2CCCN2C(=O)c2ccc(C(N)=O)cc2)cc1. The standard InChI is InChI=1S/C20H22N2O3/c1-25-18-10-4-14(5-11-18)13-17-3-2-12-22(17)20(24)16-8-6-15(7-9-16)19(21)23/h4-11,17H,2-3,12-13H2,1H3,(H2,21,23). The average molecular weight is 338 g/mol. The Balaban J connectivity index is 1.71. The minimum absolute atomic E-state index is 0.00651. The molecular weight excluding hydrogens is 316 g/mol. The Bertz CT molecular complexity index is 754. The van der Waals surface area contributed by atoms with Crippen molar-refractivity contribution in [2.45, 2.75) is 25.3 Å². The van der Waals surface area contributed by atoms with Gasteiger partial charge in [-0.15, -0.1) is 0 Å². The lowest BCUT2D eigenvalue weighted by molar-refractivity contribution is 0.0736. The molecule has 2 aromatic rings. The van der Waals surface area contributed by atoms with E-state index < -0.39 is 5.91 Å². The number of likely N-dealkylation sites (tertiary alicyclic amines) is 1. The lowest BCUT2D eigenvalue weighted by Gasteiger charge is -2.25. The summed E-state index contributed by atoms with van der Waals surface area (Å²) in [6.07, 6.45) is 2.83. The number of carbonyl (C=O) groups is 2. The quantitative estimate of drug-likeness (QED) is 0.911. The van der Waals surface area contributed by atoms with Gasteiger partial charge in [0, 0.05) is 23.7 Å². The molecule has 1 atom stereocenters. The molecule has 1 saturated heterocycles. The molecule has 1 heterocycles. The molecule has 0 spiro atoms. The average Bonchev–Trinajstić information content (AvgIpc) is 3.10. The van der Waals surface area contributed by atoms with Crippen LogP contribution in [0.3, 0.4) is 0 Å². The zero-order valence-corrected chi connectivity index (χ0v) is 14.3. The highest BCUT2D eigenvalue weighted by molar-refractivity contribution is 5.97. The van der Waals surface area contributed by atoms with Crippen LogP contribution in [0.25, 0.3) is 0 Å². The van der Waals surface area contributed by atoms with E-state index in [1.165, 1.54) is 5.56 Å². The van der Waals surface area contributed by atoms with Crippen LogP contribution in [0.2, 0.25) is 0 Å². The summed E-state index contributed by atoms with van der Waals surface area (Å²) in [4.78, 5) is 25.9. The summed E-state index contributed by atoms with van der Waals surface area (Å²) in [6.45, 7) is 0.761. The molecule has 5 heteroatoms. The molecule has 0 aromatic heterocycles. The van der Waals surface area contributed by atoms with E-state index >= 15 is 0 Å². The normalized spacial score (nSPS) is 16.7. The number of rotatable bonds is 5. The molecule has 0 aliphatic carbocycles. The smallest absolute Gasteiger partial charge is 0.254 e. The monoisotopic (exact) mass is 338 g/mol. The van der Waals surface area contributed by atoms with Crippen LogP contribution in [0.5, 0.6) is 5.75 Å². The molecule has 2 aromatic carbocycles. The van der Waals surface area contributed by atoms with Crippen molar-refractivity contribution in [1.82, 2.24) is 4.90 Å². The Morgan fingerprint density at radius 2 is 1.72 bits per heavy atom. The molecule has 25 heavy (non-hydrogen) atoms. The third kappa shape index (κ3) is 3.82. The van der Waals surface area contributed by atoms with Crippen LogP contribution in [0.1, 0.15) is 39.1 Å². The Labute approximate surface area is 147 Å². The third-order valence-electron chi connectivity index (χ3n) is 4.68. The molecule has 1 fully saturated rings. The summed E-state index contributed by atoms with van der Waals surface area (Å²) in [7, 11) is 1.65. The van der Waals surface area contributed by atoms with Crippen molar-refractivity contribution in [2.75, 3.05) is 13.7 Å². The van der Waals surface area contributed by atoms with E-state index in [1.807, 2.05) is 29.2 Å². The number of hydrogen-bond donors (Lipinski definition) is 1. The van der Waals surface area contributed by atoms with E-state index in [-0.39, 0.29) is 11.9 Å². The fourth-order valence-electron chi connectivity index (χ4n) is 3.29. The van der Waals surface area contributed by atoms with Gasteiger partial charge in [-0.05, 0) is 61.2 Å². The number of hydrogen-bond acceptors (Lipinski definition) is 3. The second-order valence-electron chi connectivity index (χ2n) is 6.29. The number of nitrogens with two attached hydrogens (primary N) is 1. The summed E-state index contributed by atoms with van der Waals surface area (Å²) in [6, 6.07) is 14.7. The van der Waals surface area contributed by atoms with Crippen LogP contribution in [-0.4, -0.2) is 36.4 Å². The Kier molecular flexibility index (Phi) is 5.03. The first-order valence-corrected chi connectivity index (χ1v) is 8.42. The molecule has 1 aliphatic heterocycles. The molecule has 130 valence electrons. The van der Waals surface area contributed by atoms with Gasteiger partial charge in [0.25, 0.3) is 5.91 Å². The predicted octanol–water partition coefficient (Wildman–Crippen LogP) is 2.64. The number of methoxy groups -OCH3 is 1. The van der Waals surface area contributed by atoms with Crippen molar-refractivity contribution in [3.8, 4) is 5.75 Å². The lowest BCUT2D eigenvalue weighted by Crippen LogP contribution is -2.36. The maximum atomic E-state index is 12.8. The van der Waals surface area contributed by atoms with Gasteiger partial charge in [0.1, 0.15) is 5.75 Å². The summed E-state index contributed by atoms with van der Waals surface area (Å²) in [5.41, 5.74) is 7.44. The van der Waals surface area contributed by atoms with Crippen molar-refractivity contribution in [1.29, 1.82) is 0 Å². The van der Waals surface area contributed by atoms with Crippen LogP contribution in [0.15, 0.2) is 48.5 Å². The molecule has 5 nitrogen and oxygen atoms in total. The fourth-order valence-corrected chi connectivity index (χ4v) is 3.29. The second-order valence-corrected chi connectivity index (χ2v) is 6.29. The number of carbonyl (C=O) groups excluding carboxylic acids is 2. The molecule has 0 saturated carbocycles. The first kappa shape index (κ1) is 17.0. The van der Waals surface area contributed by atoms with E-state index in [1.54, 1.807) is 31.4 Å². The van der Waals surface area contributed by atoms with E-state index in [4.69, 9.17) is 10.5 Å². The lowest BCUT2D eigenvalue weighted by atomic mass is 10.0. The number of nitrogens with zero attached hydrogens (tertiary/aromatic N) is 1. The topological polar surface area (TPSA) is 72.6 Å². The van der Waals surface area contributed by atoms with Gasteiger partial charge < -0.3 is 15.4 Å². The van der Waals surface area contributed by atoms with Gasteiger partial charge >= 0.3 is 0 Å². The number of benzene rings is 2. The minimum atomic E-state index is -0.488. The van der Waals surface area contributed by atoms with Gasteiger partial charge in [-0.25, -0.2) is 0 Å². The van der Waals surface area contributed by atoms with Crippen molar-refractivity contribution in [2.24, 2.45) is 5.73 Å². The van der Waals surface area contributed by atoms with Gasteiger partial charge in [-0.3, -0.25) is 9.59 Å². The Morgan fingerprint density at radius 1 is 1.08 bits per heavy atom. The second kappa shape index (κ2) is 7.38. The molecule has 3 rings (SSSR count). The van der Waals surface area contributed by atoms with Gasteiger partial charge in [-0.2, -0.15) is 0 Å². The molecule has 1 unspecified atom stereocenters. The first-order valence-electron chi connectivity index (χ1n) is 8.42. The minimum Gasteiger partial charge on any atom is -0.497 e. The van der Waals surface area contributed by atoms with E-state index in [0.717, 1.165) is 31.6 Å². The highest BCUT2D eigenvalue weighted by Gasteiger charge is 2.29. The number of primary amides is 1. The van der Waals surface area contributed by atoms with Crippen molar-refractivity contribution >= 4 is 11.8 Å². The summed E-state index contributed by atoms with van der Waals surface area (Å²) >= 11 is 0. The zero-order valence-electron chi connectivity index (χ0n) is 14.3. The van der Waals surface area contributed by atoms with Gasteiger partial charge in [0.2, 0.25) is 5.91 Å². The summed E-state index contributed by atoms with van der Waals surface area (Å²) in [5, 5.41) is 0. The fraction of sp³-hybridized carbons (Fsp3) is 0.300. The predicted molar refractivity (Wildman–Crippen MR) is 95.7 cm³/mol. The van der Waals surface area contributed by atoms with E-state index in [2.05, 4.69) is 0 Å². The molecular formula is C20H22N2O3. The Morgan fingerprint density at radius 3 is 2.32 bits per heavy atom. The van der Waals surface area contributed by atoms with Crippen LogP contribution < -0.4 is 10.5 Å². The van der Waals surface area contributed by atoms with Crippen molar-refractivity contribution in [3.63, 3.8) is 0 Å². The molecule has 2 amide bonds. The molecule has 0 bridgehead atoms. The highest BCUT2D eigenvalue weighted by Crippen LogP contribution is 2.24. The third-order valence-corrected chi connectivity index (χ3v) is 4.68. The van der Waals surface area contributed by atoms with Crippen LogP contribution in [-0.2, 0) is 6.42 Å². The largest absolute Gasteiger partial charge is 0.497 e. The number of amides is 2. The molecule has 0 radical (unpaired) electrons. The van der Waals surface area contributed by atoms with Gasteiger partial charge in [-0.1, -0.05) is 12.1 Å². The highest BCUT2D eigenvalue weighted by atomic mass is 16.5. The summed E-state index contributed by atoms with van der Waals surface area (Å²) < 4.78 is 5.19. The maximum absolute atomic E-state index is 12.8. The van der Waals surface area contributed by atoms with Crippen LogP contribution >= 0.6 is 0 Å². The van der Waals surface area contributed by atoms with Crippen LogP contribution in [0.4, 0.5) is 0 Å². The van der Waals surface area contributed by atoms with Gasteiger partial charge in [0.05, 0.1) is 7.11 Å². The van der Waals surface area contributed by atoms with Crippen molar-refractivity contribution in [3.05, 3.63) is 65.2 Å². The molecule has 1 aliphatic rings. The zero-order chi connectivity index (χ0) is 17.8. The summed E-state index contributed by atoms with van der Waals surface area (Å²) in [5.74, 6) is 0.349. The first-order chi connectivity index (χ1) is 12.1. The van der Waals surface area contributed by atoms with E-state index in [0.29, 0.717) is 11.1 Å². The van der Waals surface area contributed by atoms with Crippen molar-refractivity contribution < 1.29 is 14.3 Å². The van der Waals surface area contributed by atoms with E-state index in [9.17, 15) is 9.59 Å². The maximum Gasteiger partial charge on any atom is 0.254 e. The Hall–Kier alpha value is -2.82. The number of ether oxygens (including phenoxy) is 1. The van der Waals surface area contributed by atoms with Gasteiger partial charge in [0.15, 0.2) is 0 Å². The van der Waals surface area contributed by atoms with Crippen LogP contribution in [0, 0.1) is 0 Å².